The monoisotopic (exact) mass is 311 g/mol. The molecule has 0 aliphatic heterocycles. The predicted molar refractivity (Wildman–Crippen MR) is 47.1 cm³/mol. The summed E-state index contributed by atoms with van der Waals surface area (Å²) in [4.78, 5) is 17.2. The molecule has 0 saturated carbocycles. The molecule has 2 atom stereocenters. The minimum atomic E-state index is -2.83. The van der Waals surface area contributed by atoms with Gasteiger partial charge in [0.1, 0.15) is 5.75 Å². The number of hydrogen-bond acceptors (Lipinski definition) is 4. The average Bonchev–Trinajstić information content (AvgIpc) is 2.04. The Hall–Kier alpha value is 0.313. The molecule has 2 unspecified atom stereocenters. The van der Waals surface area contributed by atoms with Gasteiger partial charge in [0.25, 0.3) is 0 Å². The summed E-state index contributed by atoms with van der Waals surface area (Å²) in [6, 6.07) is 8.38. The fraction of sp³-hybridized carbons (Fsp3) is 0. The van der Waals surface area contributed by atoms with Crippen LogP contribution in [-0.4, -0.2) is 9.79 Å². The molecule has 1 aromatic carbocycles. The molecule has 74 valence electrons. The molecule has 0 bridgehead atoms. The van der Waals surface area contributed by atoms with Crippen molar-refractivity contribution < 1.29 is 49.4 Å². The molecule has 0 amide bonds. The van der Waals surface area contributed by atoms with Crippen molar-refractivity contribution in [2.75, 3.05) is 0 Å². The number of para-hydroxylation sites is 1. The maximum atomic E-state index is 10.1. The Balaban J connectivity index is 0.00000169. The molecule has 8 heteroatoms. The topological polar surface area (TPSA) is 76.0 Å². The molecule has 0 radical (unpaired) electrons. The van der Waals surface area contributed by atoms with Crippen molar-refractivity contribution in [3.63, 3.8) is 0 Å². The van der Waals surface area contributed by atoms with Crippen molar-refractivity contribution in [2.24, 2.45) is 0 Å². The smallest absolute Gasteiger partial charge is 0.425 e. The Kier molecular flexibility index (Phi) is 7.75. The minimum Gasteiger partial charge on any atom is -0.425 e. The fourth-order valence-electron chi connectivity index (χ4n) is 0.648. The maximum absolute atomic E-state index is 10.1. The van der Waals surface area contributed by atoms with Gasteiger partial charge in [-0.25, -0.2) is 0 Å². The first-order chi connectivity index (χ1) is 6.18. The van der Waals surface area contributed by atoms with Gasteiger partial charge in [-0.3, -0.25) is 0 Å². The molecule has 0 spiro atoms. The van der Waals surface area contributed by atoms with Gasteiger partial charge in [-0.05, 0) is 16.4 Å². The zero-order valence-corrected chi connectivity index (χ0v) is 11.1. The summed E-state index contributed by atoms with van der Waals surface area (Å²) in [6.07, 6.45) is 0. The second-order valence-corrected chi connectivity index (χ2v) is 3.75. The summed E-state index contributed by atoms with van der Waals surface area (Å²) >= 11 is 0. The zero-order chi connectivity index (χ0) is 9.68. The van der Waals surface area contributed by atoms with E-state index in [-0.39, 0.29) is 26.2 Å². The van der Waals surface area contributed by atoms with Crippen molar-refractivity contribution in [3.05, 3.63) is 30.3 Å². The Bertz CT molecular complexity index is 283. The van der Waals surface area contributed by atoms with E-state index in [9.17, 15) is 4.57 Å². The van der Waals surface area contributed by atoms with Crippen molar-refractivity contribution in [1.29, 1.82) is 0 Å². The quantitative estimate of drug-likeness (QED) is 0.831. The maximum Gasteiger partial charge on any atom is 0.704 e. The van der Waals surface area contributed by atoms with E-state index in [4.69, 9.17) is 14.3 Å². The number of rotatable bonds is 4. The van der Waals surface area contributed by atoms with Crippen LogP contribution in [-0.2, 0) is 35.1 Å². The van der Waals surface area contributed by atoms with Crippen LogP contribution in [0.15, 0.2) is 30.3 Å². The third-order valence-electron chi connectivity index (χ3n) is 1.07. The van der Waals surface area contributed by atoms with Crippen LogP contribution in [0, 0.1) is 0 Å². The van der Waals surface area contributed by atoms with Gasteiger partial charge in [-0.15, -0.1) is 4.89 Å². The molecule has 2 N–H and O–H groups in total. The molecule has 0 saturated heterocycles. The van der Waals surface area contributed by atoms with Crippen molar-refractivity contribution in [3.8, 4) is 5.75 Å². The Morgan fingerprint density at radius 2 is 1.86 bits per heavy atom. The number of benzene rings is 1. The largest absolute Gasteiger partial charge is 0.704 e. The molecule has 0 fully saturated rings. The van der Waals surface area contributed by atoms with E-state index in [0.29, 0.717) is 5.75 Å². The van der Waals surface area contributed by atoms with E-state index in [1.165, 1.54) is 0 Å². The van der Waals surface area contributed by atoms with Crippen molar-refractivity contribution in [2.45, 2.75) is 0 Å². The standard InChI is InChI=1S/C6H6O5P2.Zr/c7-12(8)11-13(9)10-6-4-2-1-3-5-6;/h1-5,9H;/p+1. The second-order valence-electron chi connectivity index (χ2n) is 1.96. The van der Waals surface area contributed by atoms with E-state index in [1.54, 1.807) is 30.3 Å². The van der Waals surface area contributed by atoms with Crippen LogP contribution in [0.2, 0.25) is 0 Å². The normalized spacial score (nSPS) is 12.6. The molecule has 0 aliphatic rings. The van der Waals surface area contributed by atoms with Crippen LogP contribution in [0.25, 0.3) is 0 Å². The van der Waals surface area contributed by atoms with E-state index in [1.807, 2.05) is 0 Å². The zero-order valence-electron chi connectivity index (χ0n) is 6.90. The third kappa shape index (κ3) is 5.92. The van der Waals surface area contributed by atoms with Gasteiger partial charge in [0.2, 0.25) is 0 Å². The van der Waals surface area contributed by atoms with Gasteiger partial charge >= 0.3 is 16.9 Å². The van der Waals surface area contributed by atoms with Crippen LogP contribution < -0.4 is 4.52 Å². The van der Waals surface area contributed by atoms with Gasteiger partial charge in [-0.2, -0.15) is 0 Å². The molecular formula is C6H7O5P2Zr+. The number of hydrogen-bond donors (Lipinski definition) is 2. The molecule has 1 rings (SSSR count). The SMILES string of the molecule is O=[P+](O)OP(O)Oc1ccccc1.[Zr]. The minimum absolute atomic E-state index is 0. The van der Waals surface area contributed by atoms with E-state index in [2.05, 4.69) is 4.31 Å². The van der Waals surface area contributed by atoms with Crippen molar-refractivity contribution in [1.82, 2.24) is 0 Å². The first-order valence-electron chi connectivity index (χ1n) is 3.25. The van der Waals surface area contributed by atoms with Gasteiger partial charge < -0.3 is 9.42 Å². The Morgan fingerprint density at radius 1 is 1.29 bits per heavy atom. The van der Waals surface area contributed by atoms with Gasteiger partial charge in [0.15, 0.2) is 0 Å². The Labute approximate surface area is 102 Å². The fourth-order valence-corrected chi connectivity index (χ4v) is 1.56. The first-order valence-corrected chi connectivity index (χ1v) is 5.51. The predicted octanol–water partition coefficient (Wildman–Crippen LogP) is 1.95. The summed E-state index contributed by atoms with van der Waals surface area (Å²) in [5.74, 6) is 0.382. The third-order valence-corrected chi connectivity index (χ3v) is 2.55. The molecule has 5 nitrogen and oxygen atoms in total. The molecular weight excluding hydrogens is 305 g/mol. The summed E-state index contributed by atoms with van der Waals surface area (Å²) in [7, 11) is -5.16. The Morgan fingerprint density at radius 3 is 2.36 bits per heavy atom. The molecule has 14 heavy (non-hydrogen) atoms. The van der Waals surface area contributed by atoms with Crippen LogP contribution in [0.5, 0.6) is 5.75 Å². The summed E-state index contributed by atoms with van der Waals surface area (Å²) in [5, 5.41) is 0. The van der Waals surface area contributed by atoms with Crippen molar-refractivity contribution >= 4 is 16.9 Å². The second kappa shape index (κ2) is 7.58. The van der Waals surface area contributed by atoms with Gasteiger partial charge in [0.05, 0.1) is 0 Å². The summed E-state index contributed by atoms with van der Waals surface area (Å²) in [5.41, 5.74) is 0. The summed E-state index contributed by atoms with van der Waals surface area (Å²) < 4.78 is 19.0. The average molecular weight is 312 g/mol. The van der Waals surface area contributed by atoms with Crippen LogP contribution in [0.4, 0.5) is 0 Å². The molecule has 0 aliphatic carbocycles. The molecule has 0 heterocycles. The van der Waals surface area contributed by atoms with Crippen LogP contribution in [0.3, 0.4) is 0 Å². The van der Waals surface area contributed by atoms with Crippen LogP contribution >= 0.6 is 16.9 Å². The van der Waals surface area contributed by atoms with Gasteiger partial charge in [0, 0.05) is 30.8 Å². The van der Waals surface area contributed by atoms with Crippen LogP contribution in [0.1, 0.15) is 0 Å². The van der Waals surface area contributed by atoms with Gasteiger partial charge in [-0.1, -0.05) is 18.2 Å². The van der Waals surface area contributed by atoms with E-state index < -0.39 is 16.9 Å². The van der Waals surface area contributed by atoms with E-state index in [0.717, 1.165) is 0 Å². The molecule has 1 aromatic rings. The molecule has 0 aromatic heterocycles. The first kappa shape index (κ1) is 14.3. The van der Waals surface area contributed by atoms with E-state index >= 15 is 0 Å². The summed E-state index contributed by atoms with van der Waals surface area (Å²) in [6.45, 7) is 0.